The number of likely N-dealkylation sites (tertiary alicyclic amines) is 1. The Labute approximate surface area is 103 Å². The van der Waals surface area contributed by atoms with Crippen molar-refractivity contribution in [2.24, 2.45) is 17.3 Å². The third-order valence-electron chi connectivity index (χ3n) is 4.08. The second-order valence-electron chi connectivity index (χ2n) is 5.83. The molecule has 2 rings (SSSR count). The van der Waals surface area contributed by atoms with Crippen molar-refractivity contribution in [2.45, 2.75) is 26.2 Å². The van der Waals surface area contributed by atoms with Gasteiger partial charge in [0.05, 0.1) is 6.07 Å². The van der Waals surface area contributed by atoms with Crippen LogP contribution in [-0.2, 0) is 4.79 Å². The molecule has 1 N–H and O–H groups in total. The summed E-state index contributed by atoms with van der Waals surface area (Å²) in [6.07, 6.45) is 2.59. The molecule has 1 amide bonds. The Kier molecular flexibility index (Phi) is 3.39. The first-order valence-corrected chi connectivity index (χ1v) is 6.44. The highest BCUT2D eigenvalue weighted by atomic mass is 16.2. The first-order chi connectivity index (χ1) is 8.05. The van der Waals surface area contributed by atoms with E-state index in [9.17, 15) is 4.79 Å². The van der Waals surface area contributed by atoms with Gasteiger partial charge in [-0.3, -0.25) is 4.79 Å². The molecule has 0 bridgehead atoms. The van der Waals surface area contributed by atoms with Gasteiger partial charge in [-0.1, -0.05) is 6.92 Å². The van der Waals surface area contributed by atoms with Crippen LogP contribution in [-0.4, -0.2) is 37.5 Å². The first kappa shape index (κ1) is 12.4. The molecular formula is C13H21N3O. The molecule has 94 valence electrons. The van der Waals surface area contributed by atoms with E-state index >= 15 is 0 Å². The van der Waals surface area contributed by atoms with E-state index in [0.717, 1.165) is 38.9 Å². The van der Waals surface area contributed by atoms with Crippen molar-refractivity contribution in [2.75, 3.05) is 26.7 Å². The summed E-state index contributed by atoms with van der Waals surface area (Å²) in [5.74, 6) is 1.02. The van der Waals surface area contributed by atoms with Gasteiger partial charge in [0.15, 0.2) is 0 Å². The number of nitriles is 1. The summed E-state index contributed by atoms with van der Waals surface area (Å²) in [6, 6.07) is 2.21. The third-order valence-corrected chi connectivity index (χ3v) is 4.08. The van der Waals surface area contributed by atoms with E-state index in [1.807, 2.05) is 0 Å². The zero-order chi connectivity index (χ0) is 12.5. The second kappa shape index (κ2) is 4.66. The van der Waals surface area contributed by atoms with Crippen molar-refractivity contribution in [1.82, 2.24) is 10.2 Å². The number of carbonyl (C=O) groups is 1. The van der Waals surface area contributed by atoms with Gasteiger partial charge in [-0.25, -0.2) is 0 Å². The summed E-state index contributed by atoms with van der Waals surface area (Å²) < 4.78 is 0. The average Bonchev–Trinajstić information content (AvgIpc) is 2.67. The number of rotatable bonds is 3. The van der Waals surface area contributed by atoms with Gasteiger partial charge in [-0.05, 0) is 44.7 Å². The molecule has 0 aromatic rings. The van der Waals surface area contributed by atoms with Gasteiger partial charge in [0.1, 0.15) is 5.41 Å². The molecule has 4 heteroatoms. The molecule has 0 spiro atoms. The molecular weight excluding hydrogens is 214 g/mol. The fourth-order valence-electron chi connectivity index (χ4n) is 3.06. The molecule has 0 radical (unpaired) electrons. The van der Waals surface area contributed by atoms with Crippen molar-refractivity contribution in [3.05, 3.63) is 0 Å². The van der Waals surface area contributed by atoms with Crippen molar-refractivity contribution < 1.29 is 4.79 Å². The van der Waals surface area contributed by atoms with Gasteiger partial charge < -0.3 is 10.2 Å². The molecule has 2 fully saturated rings. The number of hydrogen-bond acceptors (Lipinski definition) is 3. The highest BCUT2D eigenvalue weighted by molar-refractivity contribution is 5.86. The molecule has 0 aromatic carbocycles. The maximum absolute atomic E-state index is 12.0. The predicted molar refractivity (Wildman–Crippen MR) is 65.1 cm³/mol. The summed E-state index contributed by atoms with van der Waals surface area (Å²) >= 11 is 0. The van der Waals surface area contributed by atoms with Crippen LogP contribution in [0, 0.1) is 28.6 Å². The number of nitrogens with one attached hydrogen (secondary N) is 1. The Hall–Kier alpha value is -1.08. The SMILES string of the molecule is CC1CC(C#N)(C(=O)NCC2CCN(C)C2)C1. The molecule has 1 saturated heterocycles. The highest BCUT2D eigenvalue weighted by Crippen LogP contribution is 2.45. The molecule has 0 aromatic heterocycles. The van der Waals surface area contributed by atoms with Crippen molar-refractivity contribution in [3.63, 3.8) is 0 Å². The monoisotopic (exact) mass is 235 g/mol. The van der Waals surface area contributed by atoms with Crippen LogP contribution >= 0.6 is 0 Å². The lowest BCUT2D eigenvalue weighted by Gasteiger charge is -2.39. The fourth-order valence-corrected chi connectivity index (χ4v) is 3.06. The molecule has 1 aliphatic heterocycles. The Morgan fingerprint density at radius 2 is 2.29 bits per heavy atom. The van der Waals surface area contributed by atoms with E-state index < -0.39 is 5.41 Å². The number of nitrogens with zero attached hydrogens (tertiary/aromatic N) is 2. The summed E-state index contributed by atoms with van der Waals surface area (Å²) in [4.78, 5) is 14.3. The van der Waals surface area contributed by atoms with Gasteiger partial charge in [0.25, 0.3) is 0 Å². The number of carbonyl (C=O) groups excluding carboxylic acids is 1. The van der Waals surface area contributed by atoms with E-state index in [0.29, 0.717) is 11.8 Å². The highest BCUT2D eigenvalue weighted by Gasteiger charge is 2.48. The predicted octanol–water partition coefficient (Wildman–Crippen LogP) is 0.994. The second-order valence-corrected chi connectivity index (χ2v) is 5.83. The number of hydrogen-bond donors (Lipinski definition) is 1. The smallest absolute Gasteiger partial charge is 0.240 e. The summed E-state index contributed by atoms with van der Waals surface area (Å²) in [7, 11) is 2.10. The van der Waals surface area contributed by atoms with Crippen LogP contribution in [0.5, 0.6) is 0 Å². The van der Waals surface area contributed by atoms with E-state index in [-0.39, 0.29) is 5.91 Å². The molecule has 17 heavy (non-hydrogen) atoms. The van der Waals surface area contributed by atoms with Crippen LogP contribution in [0.25, 0.3) is 0 Å². The van der Waals surface area contributed by atoms with E-state index in [1.165, 1.54) is 0 Å². The summed E-state index contributed by atoms with van der Waals surface area (Å²) in [5.41, 5.74) is -0.718. The van der Waals surface area contributed by atoms with Crippen LogP contribution in [0.2, 0.25) is 0 Å². The van der Waals surface area contributed by atoms with Gasteiger partial charge >= 0.3 is 0 Å². The lowest BCUT2D eigenvalue weighted by Crippen LogP contribution is -2.49. The van der Waals surface area contributed by atoms with Crippen LogP contribution in [0.15, 0.2) is 0 Å². The Bertz CT molecular complexity index is 341. The lowest BCUT2D eigenvalue weighted by molar-refractivity contribution is -0.134. The van der Waals surface area contributed by atoms with Gasteiger partial charge in [0.2, 0.25) is 5.91 Å². The maximum atomic E-state index is 12.0. The molecule has 1 saturated carbocycles. The van der Waals surface area contributed by atoms with E-state index in [4.69, 9.17) is 5.26 Å². The zero-order valence-corrected chi connectivity index (χ0v) is 10.7. The maximum Gasteiger partial charge on any atom is 0.240 e. The Balaban J connectivity index is 1.80. The van der Waals surface area contributed by atoms with Crippen LogP contribution in [0.1, 0.15) is 26.2 Å². The quantitative estimate of drug-likeness (QED) is 0.794. The van der Waals surface area contributed by atoms with Crippen molar-refractivity contribution in [3.8, 4) is 6.07 Å². The van der Waals surface area contributed by atoms with Crippen LogP contribution < -0.4 is 5.32 Å². The van der Waals surface area contributed by atoms with Crippen molar-refractivity contribution >= 4 is 5.91 Å². The summed E-state index contributed by atoms with van der Waals surface area (Å²) in [6.45, 7) is 4.98. The zero-order valence-electron chi connectivity index (χ0n) is 10.7. The van der Waals surface area contributed by atoms with Crippen LogP contribution in [0.4, 0.5) is 0 Å². The average molecular weight is 235 g/mol. The van der Waals surface area contributed by atoms with Crippen molar-refractivity contribution in [1.29, 1.82) is 5.26 Å². The van der Waals surface area contributed by atoms with E-state index in [2.05, 4.69) is 30.3 Å². The van der Waals surface area contributed by atoms with Gasteiger partial charge in [-0.2, -0.15) is 5.26 Å². The number of amides is 1. The molecule has 1 unspecified atom stereocenters. The molecule has 1 heterocycles. The third kappa shape index (κ3) is 2.44. The topological polar surface area (TPSA) is 56.1 Å². The Morgan fingerprint density at radius 3 is 2.76 bits per heavy atom. The standard InChI is InChI=1S/C13H21N3O/c1-10-5-13(6-10,9-14)12(17)15-7-11-3-4-16(2)8-11/h10-11H,3-8H2,1-2H3,(H,15,17). The van der Waals surface area contributed by atoms with E-state index in [1.54, 1.807) is 0 Å². The molecule has 2 aliphatic rings. The molecule has 1 atom stereocenters. The first-order valence-electron chi connectivity index (χ1n) is 6.44. The lowest BCUT2D eigenvalue weighted by atomic mass is 9.63. The van der Waals surface area contributed by atoms with Crippen LogP contribution in [0.3, 0.4) is 0 Å². The normalized spacial score (nSPS) is 37.2. The molecule has 1 aliphatic carbocycles. The summed E-state index contributed by atoms with van der Waals surface area (Å²) in [5, 5.41) is 12.1. The minimum Gasteiger partial charge on any atom is -0.354 e. The Morgan fingerprint density at radius 1 is 1.59 bits per heavy atom. The van der Waals surface area contributed by atoms with Gasteiger partial charge in [-0.15, -0.1) is 0 Å². The van der Waals surface area contributed by atoms with Gasteiger partial charge in [0, 0.05) is 13.1 Å². The fraction of sp³-hybridized carbons (Fsp3) is 0.846. The minimum atomic E-state index is -0.718. The molecule has 4 nitrogen and oxygen atoms in total. The largest absolute Gasteiger partial charge is 0.354 e. The minimum absolute atomic E-state index is 0.0485.